The van der Waals surface area contributed by atoms with Crippen LogP contribution in [0.3, 0.4) is 0 Å². The average molecular weight is 640 g/mol. The highest BCUT2D eigenvalue weighted by molar-refractivity contribution is 5.92. The molecule has 5 rings (SSSR count). The van der Waals surface area contributed by atoms with Crippen LogP contribution in [0.1, 0.15) is 46.8 Å². The van der Waals surface area contributed by atoms with Gasteiger partial charge in [-0.1, -0.05) is 110 Å². The SMILES string of the molecule is CCCC(=O)N[C@H]1C(OCc2ccccc2)O[C@H](COC(=O)c2ccccc2OCc2ccccc2)[C@@H](O)[C@@H]1OCc1ccccc1. The number of benzene rings is 4. The van der Waals surface area contributed by atoms with Gasteiger partial charge in [0.2, 0.25) is 5.91 Å². The summed E-state index contributed by atoms with van der Waals surface area (Å²) in [5.74, 6) is -0.475. The number of aliphatic hydroxyl groups is 1. The minimum atomic E-state index is -1.26. The van der Waals surface area contributed by atoms with Crippen molar-refractivity contribution in [2.24, 2.45) is 0 Å². The molecule has 0 saturated carbocycles. The van der Waals surface area contributed by atoms with Gasteiger partial charge in [0, 0.05) is 6.42 Å². The molecular formula is C38H41NO8. The number of hydrogen-bond donors (Lipinski definition) is 2. The van der Waals surface area contributed by atoms with Gasteiger partial charge < -0.3 is 34.1 Å². The van der Waals surface area contributed by atoms with E-state index < -0.39 is 36.6 Å². The number of amides is 1. The Bertz CT molecular complexity index is 1540. The maximum absolute atomic E-state index is 13.3. The van der Waals surface area contributed by atoms with Gasteiger partial charge in [-0.3, -0.25) is 4.79 Å². The fraction of sp³-hybridized carbons (Fsp3) is 0.316. The second-order valence-corrected chi connectivity index (χ2v) is 11.3. The van der Waals surface area contributed by atoms with Gasteiger partial charge in [-0.15, -0.1) is 0 Å². The molecule has 1 saturated heterocycles. The summed E-state index contributed by atoms with van der Waals surface area (Å²) in [6.45, 7) is 2.26. The van der Waals surface area contributed by atoms with E-state index in [4.69, 9.17) is 23.7 Å². The predicted octanol–water partition coefficient (Wildman–Crippen LogP) is 5.60. The maximum atomic E-state index is 13.3. The van der Waals surface area contributed by atoms with E-state index in [1.54, 1.807) is 24.3 Å². The lowest BCUT2D eigenvalue weighted by Gasteiger charge is -2.44. The lowest BCUT2D eigenvalue weighted by molar-refractivity contribution is -0.281. The molecule has 4 aromatic carbocycles. The third-order valence-corrected chi connectivity index (χ3v) is 7.74. The molecule has 1 fully saturated rings. The Morgan fingerprint density at radius 3 is 1.91 bits per heavy atom. The Hall–Kier alpha value is -4.54. The Morgan fingerprint density at radius 1 is 0.745 bits per heavy atom. The molecule has 9 nitrogen and oxygen atoms in total. The van der Waals surface area contributed by atoms with Crippen molar-refractivity contribution >= 4 is 11.9 Å². The first kappa shape index (κ1) is 33.8. The molecule has 0 radical (unpaired) electrons. The number of esters is 1. The molecule has 246 valence electrons. The van der Waals surface area contributed by atoms with Crippen molar-refractivity contribution < 1.29 is 38.4 Å². The summed E-state index contributed by atoms with van der Waals surface area (Å²) in [4.78, 5) is 26.2. The van der Waals surface area contributed by atoms with Crippen LogP contribution in [0.15, 0.2) is 115 Å². The van der Waals surface area contributed by atoms with E-state index in [-0.39, 0.29) is 44.3 Å². The number of hydrogen-bond acceptors (Lipinski definition) is 8. The van der Waals surface area contributed by atoms with Gasteiger partial charge in [0.1, 0.15) is 48.9 Å². The Kier molecular flexibility index (Phi) is 12.5. The number of nitrogens with one attached hydrogen (secondary N) is 1. The molecular weight excluding hydrogens is 598 g/mol. The van der Waals surface area contributed by atoms with Crippen molar-refractivity contribution in [3.8, 4) is 5.75 Å². The summed E-state index contributed by atoms with van der Waals surface area (Å²) in [6, 6.07) is 34.7. The summed E-state index contributed by atoms with van der Waals surface area (Å²) in [5.41, 5.74) is 2.99. The zero-order chi connectivity index (χ0) is 32.8. The molecule has 47 heavy (non-hydrogen) atoms. The van der Waals surface area contributed by atoms with Crippen molar-refractivity contribution in [1.29, 1.82) is 0 Å². The van der Waals surface area contributed by atoms with E-state index in [2.05, 4.69) is 5.32 Å². The summed E-state index contributed by atoms with van der Waals surface area (Å²) < 4.78 is 30.4. The zero-order valence-corrected chi connectivity index (χ0v) is 26.4. The van der Waals surface area contributed by atoms with E-state index in [1.165, 1.54) is 0 Å². The maximum Gasteiger partial charge on any atom is 0.342 e. The van der Waals surface area contributed by atoms with Gasteiger partial charge in [0.05, 0.1) is 13.2 Å². The summed E-state index contributed by atoms with van der Waals surface area (Å²) in [5, 5.41) is 14.6. The molecule has 1 aliphatic heterocycles. The normalized spacial score (nSPS) is 20.7. The van der Waals surface area contributed by atoms with Crippen LogP contribution in [0, 0.1) is 0 Å². The predicted molar refractivity (Wildman–Crippen MR) is 175 cm³/mol. The minimum Gasteiger partial charge on any atom is -0.488 e. The van der Waals surface area contributed by atoms with E-state index in [9.17, 15) is 14.7 Å². The van der Waals surface area contributed by atoms with Crippen LogP contribution in [0.5, 0.6) is 5.75 Å². The Balaban J connectivity index is 1.33. The fourth-order valence-electron chi connectivity index (χ4n) is 5.29. The second-order valence-electron chi connectivity index (χ2n) is 11.3. The van der Waals surface area contributed by atoms with Crippen LogP contribution >= 0.6 is 0 Å². The van der Waals surface area contributed by atoms with Crippen molar-refractivity contribution in [3.05, 3.63) is 138 Å². The first-order valence-electron chi connectivity index (χ1n) is 15.9. The molecule has 1 unspecified atom stereocenters. The standard InChI is InChI=1S/C38H41NO8/c1-2-14-33(40)39-34-36(44-24-28-17-8-4-9-18-28)35(41)32(47-38(34)46-25-29-19-10-5-11-20-29)26-45-37(42)30-21-12-13-22-31(30)43-23-27-15-6-3-7-16-27/h3-13,15-22,32,34-36,38,41H,2,14,23-26H2,1H3,(H,39,40)/t32-,34-,35-,36-,38?/m1/s1. The minimum absolute atomic E-state index is 0.173. The van der Waals surface area contributed by atoms with Gasteiger partial charge in [0.15, 0.2) is 6.29 Å². The molecule has 0 aliphatic carbocycles. The number of carbonyl (C=O) groups excluding carboxylic acids is 2. The third-order valence-electron chi connectivity index (χ3n) is 7.74. The Labute approximate surface area is 275 Å². The molecule has 2 N–H and O–H groups in total. The molecule has 1 amide bonds. The number of carbonyl (C=O) groups is 2. The van der Waals surface area contributed by atoms with Crippen molar-refractivity contribution in [1.82, 2.24) is 5.32 Å². The van der Waals surface area contributed by atoms with Crippen LogP contribution in [0.4, 0.5) is 0 Å². The van der Waals surface area contributed by atoms with Crippen molar-refractivity contribution in [2.45, 2.75) is 70.2 Å². The Morgan fingerprint density at radius 2 is 1.30 bits per heavy atom. The topological polar surface area (TPSA) is 113 Å². The molecule has 0 bridgehead atoms. The highest BCUT2D eigenvalue weighted by Gasteiger charge is 2.48. The fourth-order valence-corrected chi connectivity index (χ4v) is 5.29. The largest absolute Gasteiger partial charge is 0.488 e. The van der Waals surface area contributed by atoms with Gasteiger partial charge in [-0.2, -0.15) is 0 Å². The van der Waals surface area contributed by atoms with E-state index in [0.29, 0.717) is 12.2 Å². The molecule has 1 heterocycles. The molecule has 0 aromatic heterocycles. The van der Waals surface area contributed by atoms with Crippen LogP contribution in [-0.4, -0.2) is 54.2 Å². The summed E-state index contributed by atoms with van der Waals surface area (Å²) in [6.07, 6.45) is -3.30. The lowest BCUT2D eigenvalue weighted by Crippen LogP contribution is -2.65. The van der Waals surface area contributed by atoms with Crippen LogP contribution < -0.4 is 10.1 Å². The van der Waals surface area contributed by atoms with Gasteiger partial charge >= 0.3 is 5.97 Å². The van der Waals surface area contributed by atoms with Crippen LogP contribution in [0.2, 0.25) is 0 Å². The molecule has 9 heteroatoms. The first-order valence-corrected chi connectivity index (χ1v) is 15.9. The third kappa shape index (κ3) is 9.73. The molecule has 5 atom stereocenters. The van der Waals surface area contributed by atoms with Gasteiger partial charge in [-0.05, 0) is 35.2 Å². The molecule has 4 aromatic rings. The summed E-state index contributed by atoms with van der Waals surface area (Å²) in [7, 11) is 0. The number of aliphatic hydroxyl groups excluding tert-OH is 1. The zero-order valence-electron chi connectivity index (χ0n) is 26.4. The van der Waals surface area contributed by atoms with E-state index in [1.807, 2.05) is 97.9 Å². The van der Waals surface area contributed by atoms with E-state index in [0.717, 1.165) is 16.7 Å². The highest BCUT2D eigenvalue weighted by Crippen LogP contribution is 2.28. The van der Waals surface area contributed by atoms with Gasteiger partial charge in [0.25, 0.3) is 0 Å². The summed E-state index contributed by atoms with van der Waals surface area (Å²) >= 11 is 0. The van der Waals surface area contributed by atoms with Crippen LogP contribution in [-0.2, 0) is 43.6 Å². The second kappa shape index (κ2) is 17.4. The van der Waals surface area contributed by atoms with Crippen molar-refractivity contribution in [3.63, 3.8) is 0 Å². The number of ether oxygens (including phenoxy) is 5. The van der Waals surface area contributed by atoms with Crippen LogP contribution in [0.25, 0.3) is 0 Å². The average Bonchev–Trinajstić information content (AvgIpc) is 3.11. The quantitative estimate of drug-likeness (QED) is 0.162. The smallest absolute Gasteiger partial charge is 0.342 e. The van der Waals surface area contributed by atoms with Crippen molar-refractivity contribution in [2.75, 3.05) is 6.61 Å². The molecule has 1 aliphatic rings. The number of para-hydroxylation sites is 1. The molecule has 0 spiro atoms. The van der Waals surface area contributed by atoms with Gasteiger partial charge in [-0.25, -0.2) is 4.79 Å². The lowest BCUT2D eigenvalue weighted by atomic mass is 9.96. The number of rotatable bonds is 15. The monoisotopic (exact) mass is 639 g/mol. The van der Waals surface area contributed by atoms with E-state index >= 15 is 0 Å². The first-order chi connectivity index (χ1) is 23.0. The highest BCUT2D eigenvalue weighted by atomic mass is 16.7.